The van der Waals surface area contributed by atoms with Gasteiger partial charge in [0.1, 0.15) is 23.7 Å². The van der Waals surface area contributed by atoms with E-state index in [1.54, 1.807) is 27.7 Å². The van der Waals surface area contributed by atoms with E-state index in [4.69, 9.17) is 9.84 Å². The van der Waals surface area contributed by atoms with Crippen molar-refractivity contribution in [3.05, 3.63) is 0 Å². The van der Waals surface area contributed by atoms with Gasteiger partial charge in [-0.25, -0.2) is 4.79 Å². The van der Waals surface area contributed by atoms with Gasteiger partial charge in [0.05, 0.1) is 6.54 Å². The Kier molecular flexibility index (Phi) is 9.92. The highest BCUT2D eigenvalue weighted by molar-refractivity contribution is 5.93. The van der Waals surface area contributed by atoms with Crippen molar-refractivity contribution in [1.29, 1.82) is 0 Å². The molecule has 0 aromatic rings. The lowest BCUT2D eigenvalue weighted by Crippen LogP contribution is -2.54. The molecule has 0 bridgehead atoms. The van der Waals surface area contributed by atoms with Crippen LogP contribution in [0.2, 0.25) is 0 Å². The average Bonchev–Trinajstić information content (AvgIpc) is 3.18. The first-order valence-electron chi connectivity index (χ1n) is 10.9. The first-order chi connectivity index (χ1) is 14.8. The van der Waals surface area contributed by atoms with E-state index in [1.807, 2.05) is 6.92 Å². The van der Waals surface area contributed by atoms with Gasteiger partial charge in [-0.15, -0.1) is 0 Å². The van der Waals surface area contributed by atoms with E-state index in [9.17, 15) is 24.0 Å². The van der Waals surface area contributed by atoms with Crippen LogP contribution in [0.5, 0.6) is 0 Å². The number of carbonyl (C=O) groups excluding carboxylic acids is 4. The van der Waals surface area contributed by atoms with Crippen LogP contribution < -0.4 is 16.0 Å². The molecule has 11 nitrogen and oxygen atoms in total. The predicted octanol–water partition coefficient (Wildman–Crippen LogP) is 0.622. The van der Waals surface area contributed by atoms with E-state index in [0.29, 0.717) is 25.8 Å². The summed E-state index contributed by atoms with van der Waals surface area (Å²) in [6.45, 7) is 10.1. The quantitative estimate of drug-likeness (QED) is 0.396. The summed E-state index contributed by atoms with van der Waals surface area (Å²) < 4.78 is 5.22. The third-order valence-electron chi connectivity index (χ3n) is 5.19. The van der Waals surface area contributed by atoms with Gasteiger partial charge in [0.15, 0.2) is 0 Å². The largest absolute Gasteiger partial charge is 0.480 e. The second-order valence-corrected chi connectivity index (χ2v) is 9.04. The van der Waals surface area contributed by atoms with E-state index in [2.05, 4.69) is 16.0 Å². The van der Waals surface area contributed by atoms with Crippen molar-refractivity contribution < 1.29 is 33.8 Å². The molecule has 1 aliphatic rings. The zero-order chi connectivity index (χ0) is 24.6. The molecule has 1 rings (SSSR count). The van der Waals surface area contributed by atoms with Gasteiger partial charge in [-0.2, -0.15) is 0 Å². The van der Waals surface area contributed by atoms with E-state index in [0.717, 1.165) is 0 Å². The minimum absolute atomic E-state index is 0.208. The fourth-order valence-electron chi connectivity index (χ4n) is 3.22. The predicted molar refractivity (Wildman–Crippen MR) is 116 cm³/mol. The highest BCUT2D eigenvalue weighted by atomic mass is 16.6. The lowest BCUT2D eigenvalue weighted by atomic mass is 9.98. The zero-order valence-electron chi connectivity index (χ0n) is 19.7. The fraction of sp³-hybridized carbons (Fsp3) is 0.762. The molecule has 1 heterocycles. The summed E-state index contributed by atoms with van der Waals surface area (Å²) >= 11 is 0. The Morgan fingerprint density at radius 2 is 1.75 bits per heavy atom. The minimum Gasteiger partial charge on any atom is -0.480 e. The Labute approximate surface area is 188 Å². The van der Waals surface area contributed by atoms with Crippen LogP contribution >= 0.6 is 0 Å². The first-order valence-corrected chi connectivity index (χ1v) is 10.9. The maximum Gasteiger partial charge on any atom is 0.408 e. The molecule has 4 amide bonds. The molecule has 11 heteroatoms. The molecule has 0 aromatic carbocycles. The van der Waals surface area contributed by atoms with Gasteiger partial charge >= 0.3 is 12.1 Å². The number of ether oxygens (including phenoxy) is 1. The Bertz CT molecular complexity index is 719. The van der Waals surface area contributed by atoms with Gasteiger partial charge < -0.3 is 30.7 Å². The van der Waals surface area contributed by atoms with Crippen LogP contribution in [-0.4, -0.2) is 76.6 Å². The molecule has 1 aliphatic heterocycles. The summed E-state index contributed by atoms with van der Waals surface area (Å²) in [6.07, 6.45) is 0.883. The maximum absolute atomic E-state index is 12.7. The van der Waals surface area contributed by atoms with Gasteiger partial charge in [0.2, 0.25) is 17.7 Å². The number of alkyl carbamates (subject to hydrolysis) is 1. The van der Waals surface area contributed by atoms with Crippen LogP contribution in [-0.2, 0) is 23.9 Å². The molecule has 0 unspecified atom stereocenters. The summed E-state index contributed by atoms with van der Waals surface area (Å²) in [7, 11) is 0. The van der Waals surface area contributed by atoms with Crippen LogP contribution in [0.4, 0.5) is 4.79 Å². The number of carboxylic acids is 1. The van der Waals surface area contributed by atoms with Crippen molar-refractivity contribution in [3.8, 4) is 0 Å². The Morgan fingerprint density at radius 1 is 1.12 bits per heavy atom. The summed E-state index contributed by atoms with van der Waals surface area (Å²) in [5.41, 5.74) is -0.722. The molecule has 4 atom stereocenters. The van der Waals surface area contributed by atoms with Gasteiger partial charge in [0.25, 0.3) is 0 Å². The maximum atomic E-state index is 12.7. The van der Waals surface area contributed by atoms with Crippen LogP contribution in [0.25, 0.3) is 0 Å². The number of hydrogen-bond donors (Lipinski definition) is 4. The summed E-state index contributed by atoms with van der Waals surface area (Å²) in [6, 6.07) is -2.75. The molecule has 0 radical (unpaired) electrons. The number of likely N-dealkylation sites (tertiary alicyclic amines) is 1. The average molecular weight is 457 g/mol. The SMILES string of the molecule is CC[C@H](C)[C@H](NC(=O)OC(C)(C)C)C(=O)NCC(=O)N1CCC[C@H]1C(=O)N[C@@H](C)C(=O)O. The molecule has 0 aromatic heterocycles. The van der Waals surface area contributed by atoms with Crippen molar-refractivity contribution in [2.75, 3.05) is 13.1 Å². The first kappa shape index (κ1) is 27.2. The molecule has 0 saturated carbocycles. The van der Waals surface area contributed by atoms with Crippen molar-refractivity contribution >= 4 is 29.8 Å². The van der Waals surface area contributed by atoms with E-state index >= 15 is 0 Å². The molecule has 1 fully saturated rings. The molecule has 0 spiro atoms. The lowest BCUT2D eigenvalue weighted by Gasteiger charge is -2.27. The third-order valence-corrected chi connectivity index (χ3v) is 5.19. The summed E-state index contributed by atoms with van der Waals surface area (Å²) in [5.74, 6) is -2.91. The number of amides is 4. The Morgan fingerprint density at radius 3 is 2.28 bits per heavy atom. The highest BCUT2D eigenvalue weighted by Gasteiger charge is 2.36. The number of nitrogens with one attached hydrogen (secondary N) is 3. The van der Waals surface area contributed by atoms with Crippen molar-refractivity contribution in [2.45, 2.75) is 84.5 Å². The van der Waals surface area contributed by atoms with Gasteiger partial charge in [-0.3, -0.25) is 19.2 Å². The molecule has 32 heavy (non-hydrogen) atoms. The van der Waals surface area contributed by atoms with Crippen LogP contribution in [0.1, 0.15) is 60.8 Å². The summed E-state index contributed by atoms with van der Waals surface area (Å²) in [5, 5.41) is 16.4. The number of carboxylic acid groups (broad SMARTS) is 1. The van der Waals surface area contributed by atoms with E-state index < -0.39 is 53.5 Å². The van der Waals surface area contributed by atoms with Crippen LogP contribution in [0, 0.1) is 5.92 Å². The van der Waals surface area contributed by atoms with Crippen molar-refractivity contribution in [3.63, 3.8) is 0 Å². The third kappa shape index (κ3) is 8.35. The van der Waals surface area contributed by atoms with Gasteiger partial charge in [-0.1, -0.05) is 20.3 Å². The van der Waals surface area contributed by atoms with Crippen LogP contribution in [0.3, 0.4) is 0 Å². The number of nitrogens with zero attached hydrogens (tertiary/aromatic N) is 1. The Hall–Kier alpha value is -2.85. The molecule has 4 N–H and O–H groups in total. The second-order valence-electron chi connectivity index (χ2n) is 9.04. The zero-order valence-corrected chi connectivity index (χ0v) is 19.7. The minimum atomic E-state index is -1.17. The van der Waals surface area contributed by atoms with Gasteiger partial charge in [-0.05, 0) is 46.5 Å². The Balaban J connectivity index is 2.72. The molecule has 1 saturated heterocycles. The van der Waals surface area contributed by atoms with Crippen LogP contribution in [0.15, 0.2) is 0 Å². The number of hydrogen-bond acceptors (Lipinski definition) is 6. The lowest BCUT2D eigenvalue weighted by molar-refractivity contribution is -0.143. The van der Waals surface area contributed by atoms with E-state index in [-0.39, 0.29) is 12.5 Å². The number of carbonyl (C=O) groups is 5. The smallest absolute Gasteiger partial charge is 0.408 e. The van der Waals surface area contributed by atoms with Gasteiger partial charge in [0, 0.05) is 6.54 Å². The standard InChI is InChI=1S/C21H36N4O7/c1-7-12(2)16(24-20(31)32-21(4,5)6)18(28)22-11-15(26)25-10-8-9-14(25)17(27)23-13(3)19(29)30/h12-14,16H,7-11H2,1-6H3,(H,22,28)(H,23,27)(H,24,31)(H,29,30)/t12-,13-,14-,16-/m0/s1. The molecular weight excluding hydrogens is 420 g/mol. The molecular formula is C21H36N4O7. The normalized spacial score (nSPS) is 18.8. The fourth-order valence-corrected chi connectivity index (χ4v) is 3.22. The second kappa shape index (κ2) is 11.7. The monoisotopic (exact) mass is 456 g/mol. The highest BCUT2D eigenvalue weighted by Crippen LogP contribution is 2.18. The number of aliphatic carboxylic acids is 1. The molecule has 0 aliphatic carbocycles. The topological polar surface area (TPSA) is 154 Å². The summed E-state index contributed by atoms with van der Waals surface area (Å²) in [4.78, 5) is 62.1. The van der Waals surface area contributed by atoms with Crippen molar-refractivity contribution in [1.82, 2.24) is 20.9 Å². The molecule has 182 valence electrons. The number of rotatable bonds is 9. The van der Waals surface area contributed by atoms with E-state index in [1.165, 1.54) is 11.8 Å². The van der Waals surface area contributed by atoms with Crippen molar-refractivity contribution in [2.24, 2.45) is 5.92 Å².